The molecule has 150 valence electrons. The number of rotatable bonds is 5. The van der Waals surface area contributed by atoms with Gasteiger partial charge in [-0.15, -0.1) is 12.4 Å². The van der Waals surface area contributed by atoms with Crippen LogP contribution in [0.2, 0.25) is 0 Å². The van der Waals surface area contributed by atoms with Gasteiger partial charge in [0.1, 0.15) is 5.75 Å². The summed E-state index contributed by atoms with van der Waals surface area (Å²) in [6, 6.07) is 11.0. The summed E-state index contributed by atoms with van der Waals surface area (Å²) >= 11 is 0. The normalized spacial score (nSPS) is 13.5. The fourth-order valence-electron chi connectivity index (χ4n) is 3.43. The molecule has 0 saturated carbocycles. The van der Waals surface area contributed by atoms with Gasteiger partial charge >= 0.3 is 0 Å². The van der Waals surface area contributed by atoms with E-state index in [0.29, 0.717) is 16.9 Å². The highest BCUT2D eigenvalue weighted by atomic mass is 35.5. The lowest BCUT2D eigenvalue weighted by Crippen LogP contribution is -2.27. The minimum Gasteiger partial charge on any atom is -0.496 e. The van der Waals surface area contributed by atoms with Crippen molar-refractivity contribution in [2.75, 3.05) is 26.0 Å². The third kappa shape index (κ3) is 4.54. The Morgan fingerprint density at radius 3 is 2.61 bits per heavy atom. The Kier molecular flexibility index (Phi) is 7.22. The fraction of sp³-hybridized carbons (Fsp3) is 0.364. The van der Waals surface area contributed by atoms with Gasteiger partial charge in [-0.3, -0.25) is 9.59 Å². The predicted octanol–water partition coefficient (Wildman–Crippen LogP) is 4.20. The van der Waals surface area contributed by atoms with Crippen molar-refractivity contribution in [3.8, 4) is 5.75 Å². The van der Waals surface area contributed by atoms with Crippen molar-refractivity contribution in [1.29, 1.82) is 0 Å². The molecule has 2 aromatic rings. The van der Waals surface area contributed by atoms with Gasteiger partial charge < -0.3 is 15.0 Å². The number of fused-ring (bicyclic) bond motifs is 1. The van der Waals surface area contributed by atoms with E-state index in [2.05, 4.69) is 23.3 Å². The Morgan fingerprint density at radius 1 is 1.18 bits per heavy atom. The first-order valence-corrected chi connectivity index (χ1v) is 9.23. The van der Waals surface area contributed by atoms with Gasteiger partial charge in [0.05, 0.1) is 12.7 Å². The third-order valence-corrected chi connectivity index (χ3v) is 4.96. The number of nitrogens with zero attached hydrogens (tertiary/aromatic N) is 1. The highest BCUT2D eigenvalue weighted by Gasteiger charge is 2.21. The molecule has 0 fully saturated rings. The minimum atomic E-state index is -0.266. The molecular formula is C22H27ClN2O3. The highest BCUT2D eigenvalue weighted by Crippen LogP contribution is 2.28. The second-order valence-electron chi connectivity index (χ2n) is 7.32. The average molecular weight is 403 g/mol. The summed E-state index contributed by atoms with van der Waals surface area (Å²) < 4.78 is 5.35. The summed E-state index contributed by atoms with van der Waals surface area (Å²) in [7, 11) is 3.62. The van der Waals surface area contributed by atoms with Gasteiger partial charge in [-0.2, -0.15) is 0 Å². The van der Waals surface area contributed by atoms with Crippen LogP contribution in [0.15, 0.2) is 36.4 Å². The number of ether oxygens (including phenoxy) is 1. The quantitative estimate of drug-likeness (QED) is 0.761. The maximum atomic E-state index is 13.0. The summed E-state index contributed by atoms with van der Waals surface area (Å²) in [6.45, 7) is 5.53. The summed E-state index contributed by atoms with van der Waals surface area (Å²) in [5.41, 5.74) is 4.13. The molecule has 0 bridgehead atoms. The van der Waals surface area contributed by atoms with E-state index in [9.17, 15) is 9.59 Å². The predicted molar refractivity (Wildman–Crippen MR) is 114 cm³/mol. The van der Waals surface area contributed by atoms with Crippen molar-refractivity contribution in [3.05, 3.63) is 58.7 Å². The van der Waals surface area contributed by atoms with Crippen LogP contribution in [0.25, 0.3) is 0 Å². The molecule has 1 heterocycles. The first-order chi connectivity index (χ1) is 12.9. The molecule has 2 aromatic carbocycles. The smallest absolute Gasteiger partial charge is 0.259 e. The van der Waals surface area contributed by atoms with Gasteiger partial charge in [-0.25, -0.2) is 0 Å². The van der Waals surface area contributed by atoms with Gasteiger partial charge in [-0.1, -0.05) is 26.0 Å². The molecule has 0 radical (unpaired) electrons. The first-order valence-electron chi connectivity index (χ1n) is 9.23. The first kappa shape index (κ1) is 21.9. The molecule has 1 aliphatic rings. The second kappa shape index (κ2) is 9.22. The largest absolute Gasteiger partial charge is 0.496 e. The molecule has 0 aliphatic carbocycles. The molecule has 1 N–H and O–H groups in total. The van der Waals surface area contributed by atoms with Gasteiger partial charge in [0.25, 0.3) is 5.91 Å². The van der Waals surface area contributed by atoms with Crippen LogP contribution < -0.4 is 10.1 Å². The third-order valence-electron chi connectivity index (χ3n) is 4.96. The van der Waals surface area contributed by atoms with Crippen molar-refractivity contribution in [1.82, 2.24) is 4.90 Å². The van der Waals surface area contributed by atoms with Crippen molar-refractivity contribution in [3.63, 3.8) is 0 Å². The van der Waals surface area contributed by atoms with E-state index >= 15 is 0 Å². The van der Waals surface area contributed by atoms with E-state index in [1.165, 1.54) is 18.2 Å². The molecule has 6 heteroatoms. The molecule has 3 rings (SSSR count). The van der Waals surface area contributed by atoms with Crippen molar-refractivity contribution >= 4 is 29.8 Å². The number of halogens is 1. The van der Waals surface area contributed by atoms with Crippen molar-refractivity contribution in [2.45, 2.75) is 26.8 Å². The maximum Gasteiger partial charge on any atom is 0.259 e. The van der Waals surface area contributed by atoms with Gasteiger partial charge in [0, 0.05) is 30.3 Å². The lowest BCUT2D eigenvalue weighted by atomic mass is 9.97. The Balaban J connectivity index is 0.00000280. The summed E-state index contributed by atoms with van der Waals surface area (Å²) in [5.74, 6) is 0.0641. The molecule has 0 saturated heterocycles. The Bertz CT molecular complexity index is 880. The number of likely N-dealkylation sites (N-methyl/N-ethyl adjacent to an activating group) is 1. The Hall–Kier alpha value is -2.37. The zero-order valence-corrected chi connectivity index (χ0v) is 17.6. The van der Waals surface area contributed by atoms with E-state index < -0.39 is 0 Å². The zero-order valence-electron chi connectivity index (χ0n) is 16.7. The topological polar surface area (TPSA) is 58.6 Å². The second-order valence-corrected chi connectivity index (χ2v) is 7.32. The van der Waals surface area contributed by atoms with E-state index in [0.717, 1.165) is 25.2 Å². The number of carbonyl (C=O) groups excluding carboxylic acids is 2. The standard InChI is InChI=1S/C22H26N2O3.ClH/c1-14(2)21(25)15-8-9-20(27-4)18(12-15)22(26)23-19-7-5-6-16-13-24(3)11-10-17(16)19;/h5-9,12,14H,10-11,13H2,1-4H3,(H,23,26);1H. The number of nitrogens with one attached hydrogen (secondary N) is 1. The van der Waals surface area contributed by atoms with E-state index in [1.54, 1.807) is 18.2 Å². The SMILES string of the molecule is COc1ccc(C(=O)C(C)C)cc1C(=O)Nc1cccc2c1CCN(C)C2.Cl. The zero-order chi connectivity index (χ0) is 19.6. The number of benzene rings is 2. The summed E-state index contributed by atoms with van der Waals surface area (Å²) in [6.07, 6.45) is 0.894. The van der Waals surface area contributed by atoms with E-state index in [1.807, 2.05) is 26.0 Å². The maximum absolute atomic E-state index is 13.0. The molecule has 1 aliphatic heterocycles. The van der Waals surface area contributed by atoms with Crippen LogP contribution in [0, 0.1) is 5.92 Å². The number of anilines is 1. The number of ketones is 1. The Morgan fingerprint density at radius 2 is 1.93 bits per heavy atom. The number of amides is 1. The molecule has 0 aromatic heterocycles. The van der Waals surface area contributed by atoms with Crippen LogP contribution >= 0.6 is 12.4 Å². The Labute approximate surface area is 172 Å². The van der Waals surface area contributed by atoms with Crippen molar-refractivity contribution in [2.24, 2.45) is 5.92 Å². The summed E-state index contributed by atoms with van der Waals surface area (Å²) in [5, 5.41) is 3.02. The number of methoxy groups -OCH3 is 1. The van der Waals surface area contributed by atoms with Gasteiger partial charge in [0.15, 0.2) is 5.78 Å². The number of hydrogen-bond donors (Lipinski definition) is 1. The lowest BCUT2D eigenvalue weighted by Gasteiger charge is -2.26. The molecule has 0 spiro atoms. The van der Waals surface area contributed by atoms with Gasteiger partial charge in [-0.05, 0) is 48.9 Å². The molecule has 0 unspecified atom stereocenters. The van der Waals surface area contributed by atoms with Crippen LogP contribution in [0.4, 0.5) is 5.69 Å². The van der Waals surface area contributed by atoms with Gasteiger partial charge in [0.2, 0.25) is 0 Å². The number of hydrogen-bond acceptors (Lipinski definition) is 4. The minimum absolute atomic E-state index is 0. The fourth-order valence-corrected chi connectivity index (χ4v) is 3.43. The van der Waals surface area contributed by atoms with Crippen molar-refractivity contribution < 1.29 is 14.3 Å². The summed E-state index contributed by atoms with van der Waals surface area (Å²) in [4.78, 5) is 27.6. The van der Waals surface area contributed by atoms with Crippen LogP contribution in [-0.4, -0.2) is 37.3 Å². The number of Topliss-reactive ketones (excluding diaryl/α,β-unsaturated/α-hetero) is 1. The van der Waals surface area contributed by atoms with Crippen LogP contribution in [-0.2, 0) is 13.0 Å². The van der Waals surface area contributed by atoms with Crippen LogP contribution in [0.3, 0.4) is 0 Å². The molecular weight excluding hydrogens is 376 g/mol. The molecule has 1 amide bonds. The highest BCUT2D eigenvalue weighted by molar-refractivity contribution is 6.08. The number of carbonyl (C=O) groups is 2. The lowest BCUT2D eigenvalue weighted by molar-refractivity contribution is 0.0939. The van der Waals surface area contributed by atoms with Crippen LogP contribution in [0.5, 0.6) is 5.75 Å². The molecule has 0 atom stereocenters. The molecule has 28 heavy (non-hydrogen) atoms. The molecule has 5 nitrogen and oxygen atoms in total. The average Bonchev–Trinajstić information content (AvgIpc) is 2.66. The monoisotopic (exact) mass is 402 g/mol. The van der Waals surface area contributed by atoms with E-state index in [4.69, 9.17) is 4.74 Å². The van der Waals surface area contributed by atoms with E-state index in [-0.39, 0.29) is 30.0 Å². The van der Waals surface area contributed by atoms with Crippen LogP contribution in [0.1, 0.15) is 45.7 Å².